The molecule has 0 fully saturated rings. The number of carboxylic acid groups (broad SMARTS) is 1. The molecule has 1 aromatic heterocycles. The molecular weight excluding hydrogens is 218 g/mol. The van der Waals surface area contributed by atoms with Gasteiger partial charge in [-0.15, -0.1) is 5.10 Å². The molecule has 0 saturated carbocycles. The number of hydrogen-bond acceptors (Lipinski definition) is 3. The molecule has 2 aromatic rings. The first kappa shape index (κ1) is 11.3. The number of nitrogens with zero attached hydrogens (tertiary/aromatic N) is 3. The number of rotatable bonds is 3. The van der Waals surface area contributed by atoms with Crippen LogP contribution in [0.5, 0.6) is 0 Å². The molecule has 0 amide bonds. The van der Waals surface area contributed by atoms with Gasteiger partial charge in [0.25, 0.3) is 0 Å². The van der Waals surface area contributed by atoms with Crippen molar-refractivity contribution in [2.24, 2.45) is 0 Å². The summed E-state index contributed by atoms with van der Waals surface area (Å²) in [6.07, 6.45) is 0. The molecule has 1 heterocycles. The van der Waals surface area contributed by atoms with Crippen molar-refractivity contribution in [1.29, 1.82) is 0 Å². The highest BCUT2D eigenvalue weighted by Crippen LogP contribution is 2.20. The molecule has 5 nitrogen and oxygen atoms in total. The molecule has 2 rings (SSSR count). The average Bonchev–Trinajstić information content (AvgIpc) is 2.75. The van der Waals surface area contributed by atoms with Crippen LogP contribution in [0.4, 0.5) is 0 Å². The SMILES string of the molecule is CC(C)n1nc(C(=O)O)c(-c2ccccc2)n1. The van der Waals surface area contributed by atoms with Crippen molar-refractivity contribution in [3.63, 3.8) is 0 Å². The van der Waals surface area contributed by atoms with Crippen LogP contribution in [-0.2, 0) is 0 Å². The molecule has 0 atom stereocenters. The highest BCUT2D eigenvalue weighted by Gasteiger charge is 2.19. The predicted octanol–water partition coefficient (Wildman–Crippen LogP) is 2.22. The summed E-state index contributed by atoms with van der Waals surface area (Å²) in [6, 6.07) is 9.23. The van der Waals surface area contributed by atoms with Crippen LogP contribution >= 0.6 is 0 Å². The topological polar surface area (TPSA) is 68.0 Å². The number of carboxylic acids is 1. The maximum Gasteiger partial charge on any atom is 0.358 e. The number of aromatic nitrogens is 3. The van der Waals surface area contributed by atoms with Gasteiger partial charge in [-0.25, -0.2) is 4.79 Å². The smallest absolute Gasteiger partial charge is 0.358 e. The van der Waals surface area contributed by atoms with Crippen molar-refractivity contribution in [2.45, 2.75) is 19.9 Å². The first-order valence-electron chi connectivity index (χ1n) is 5.35. The second-order valence-electron chi connectivity index (χ2n) is 3.98. The summed E-state index contributed by atoms with van der Waals surface area (Å²) in [7, 11) is 0. The van der Waals surface area contributed by atoms with E-state index >= 15 is 0 Å². The van der Waals surface area contributed by atoms with Gasteiger partial charge in [-0.1, -0.05) is 30.3 Å². The summed E-state index contributed by atoms with van der Waals surface area (Å²) in [4.78, 5) is 12.5. The van der Waals surface area contributed by atoms with Crippen molar-refractivity contribution < 1.29 is 9.90 Å². The van der Waals surface area contributed by atoms with E-state index in [0.29, 0.717) is 5.69 Å². The van der Waals surface area contributed by atoms with E-state index in [2.05, 4.69) is 10.2 Å². The van der Waals surface area contributed by atoms with E-state index in [1.165, 1.54) is 4.80 Å². The monoisotopic (exact) mass is 231 g/mol. The Bertz CT molecular complexity index is 532. The summed E-state index contributed by atoms with van der Waals surface area (Å²) in [6.45, 7) is 3.81. The largest absolute Gasteiger partial charge is 0.476 e. The third-order valence-corrected chi connectivity index (χ3v) is 2.34. The van der Waals surface area contributed by atoms with E-state index in [9.17, 15) is 4.79 Å². The first-order chi connectivity index (χ1) is 8.09. The quantitative estimate of drug-likeness (QED) is 0.879. The van der Waals surface area contributed by atoms with Gasteiger partial charge in [0.15, 0.2) is 5.69 Å². The van der Waals surface area contributed by atoms with Crippen molar-refractivity contribution in [2.75, 3.05) is 0 Å². The Kier molecular flexibility index (Phi) is 2.91. The van der Waals surface area contributed by atoms with Gasteiger partial charge >= 0.3 is 5.97 Å². The summed E-state index contributed by atoms with van der Waals surface area (Å²) in [5.74, 6) is -1.06. The van der Waals surface area contributed by atoms with Crippen LogP contribution in [0.3, 0.4) is 0 Å². The molecule has 1 N–H and O–H groups in total. The Morgan fingerprint density at radius 3 is 2.41 bits per heavy atom. The molecule has 0 aliphatic carbocycles. The maximum absolute atomic E-state index is 11.1. The molecular formula is C12H13N3O2. The Morgan fingerprint density at radius 2 is 1.88 bits per heavy atom. The first-order valence-corrected chi connectivity index (χ1v) is 5.35. The lowest BCUT2D eigenvalue weighted by molar-refractivity contribution is 0.0690. The Hall–Kier alpha value is -2.17. The Labute approximate surface area is 98.7 Å². The van der Waals surface area contributed by atoms with E-state index < -0.39 is 5.97 Å². The van der Waals surface area contributed by atoms with Gasteiger partial charge in [-0.05, 0) is 13.8 Å². The fourth-order valence-corrected chi connectivity index (χ4v) is 1.49. The fourth-order valence-electron chi connectivity index (χ4n) is 1.49. The zero-order valence-corrected chi connectivity index (χ0v) is 9.66. The molecule has 0 bridgehead atoms. The van der Waals surface area contributed by atoms with Crippen LogP contribution in [0.25, 0.3) is 11.3 Å². The minimum atomic E-state index is -1.06. The summed E-state index contributed by atoms with van der Waals surface area (Å²) in [5.41, 5.74) is 1.16. The maximum atomic E-state index is 11.1. The lowest BCUT2D eigenvalue weighted by Crippen LogP contribution is -2.06. The van der Waals surface area contributed by atoms with Crippen molar-refractivity contribution in [1.82, 2.24) is 15.0 Å². The fraction of sp³-hybridized carbons (Fsp3) is 0.250. The molecule has 17 heavy (non-hydrogen) atoms. The van der Waals surface area contributed by atoms with Gasteiger partial charge in [0, 0.05) is 5.56 Å². The predicted molar refractivity (Wildman–Crippen MR) is 62.8 cm³/mol. The zero-order valence-electron chi connectivity index (χ0n) is 9.66. The van der Waals surface area contributed by atoms with Gasteiger partial charge < -0.3 is 5.11 Å². The molecule has 0 aliphatic heterocycles. The minimum Gasteiger partial charge on any atom is -0.476 e. The molecule has 0 aliphatic rings. The van der Waals surface area contributed by atoms with Gasteiger partial charge in [-0.3, -0.25) is 0 Å². The molecule has 1 aromatic carbocycles. The average molecular weight is 231 g/mol. The Morgan fingerprint density at radius 1 is 1.24 bits per heavy atom. The molecule has 0 saturated heterocycles. The van der Waals surface area contributed by atoms with Crippen molar-refractivity contribution >= 4 is 5.97 Å². The highest BCUT2D eigenvalue weighted by molar-refractivity contribution is 5.92. The summed E-state index contributed by atoms with van der Waals surface area (Å²) in [5, 5.41) is 17.3. The van der Waals surface area contributed by atoms with Gasteiger partial charge in [-0.2, -0.15) is 9.90 Å². The van der Waals surface area contributed by atoms with Crippen LogP contribution in [-0.4, -0.2) is 26.1 Å². The lowest BCUT2D eigenvalue weighted by Gasteiger charge is -2.00. The normalized spacial score (nSPS) is 10.8. The molecule has 88 valence electrons. The highest BCUT2D eigenvalue weighted by atomic mass is 16.4. The third kappa shape index (κ3) is 2.18. The lowest BCUT2D eigenvalue weighted by atomic mass is 10.1. The minimum absolute atomic E-state index is 0.00935. The van der Waals surface area contributed by atoms with Crippen molar-refractivity contribution in [3.05, 3.63) is 36.0 Å². The van der Waals surface area contributed by atoms with Gasteiger partial charge in [0.05, 0.1) is 6.04 Å². The third-order valence-electron chi connectivity index (χ3n) is 2.34. The van der Waals surface area contributed by atoms with E-state index in [1.54, 1.807) is 0 Å². The number of hydrogen-bond donors (Lipinski definition) is 1. The molecule has 0 radical (unpaired) electrons. The number of aromatic carboxylic acids is 1. The molecule has 5 heteroatoms. The Balaban J connectivity index is 2.56. The van der Waals surface area contributed by atoms with Crippen molar-refractivity contribution in [3.8, 4) is 11.3 Å². The standard InChI is InChI=1S/C12H13N3O2/c1-8(2)15-13-10(11(14-15)12(16)17)9-6-4-3-5-7-9/h3-8H,1-2H3,(H,16,17). The van der Waals surface area contributed by atoms with E-state index in [-0.39, 0.29) is 11.7 Å². The summed E-state index contributed by atoms with van der Waals surface area (Å²) < 4.78 is 0. The molecule has 0 spiro atoms. The van der Waals surface area contributed by atoms with Crippen LogP contribution in [0.2, 0.25) is 0 Å². The zero-order chi connectivity index (χ0) is 12.4. The second-order valence-corrected chi connectivity index (χ2v) is 3.98. The van der Waals surface area contributed by atoms with E-state index in [1.807, 2.05) is 44.2 Å². The van der Waals surface area contributed by atoms with E-state index in [4.69, 9.17) is 5.11 Å². The van der Waals surface area contributed by atoms with Gasteiger partial charge in [0.1, 0.15) is 5.69 Å². The van der Waals surface area contributed by atoms with Crippen LogP contribution in [0.15, 0.2) is 30.3 Å². The van der Waals surface area contributed by atoms with Crippen LogP contribution in [0.1, 0.15) is 30.4 Å². The van der Waals surface area contributed by atoms with Crippen LogP contribution < -0.4 is 0 Å². The van der Waals surface area contributed by atoms with Gasteiger partial charge in [0.2, 0.25) is 0 Å². The number of benzene rings is 1. The number of carbonyl (C=O) groups is 1. The summed E-state index contributed by atoms with van der Waals surface area (Å²) >= 11 is 0. The van der Waals surface area contributed by atoms with E-state index in [0.717, 1.165) is 5.56 Å². The molecule has 0 unspecified atom stereocenters. The second kappa shape index (κ2) is 4.37. The van der Waals surface area contributed by atoms with Crippen LogP contribution in [0, 0.1) is 0 Å².